The van der Waals surface area contributed by atoms with Crippen LogP contribution < -0.4 is 33.2 Å². The number of guanidine groups is 1. The number of carbonyl (C=O) groups excluding carboxylic acids is 3. The molecule has 0 aliphatic rings. The third-order valence-electron chi connectivity index (χ3n) is 4.59. The second-order valence-electron chi connectivity index (χ2n) is 7.32. The fourth-order valence-corrected chi connectivity index (χ4v) is 3.88. The maximum atomic E-state index is 12.8. The van der Waals surface area contributed by atoms with Gasteiger partial charge in [0, 0.05) is 12.3 Å². The maximum Gasteiger partial charge on any atom is 0.326 e. The Morgan fingerprint density at radius 2 is 1.41 bits per heavy atom. The molecule has 0 radical (unpaired) electrons. The zero-order chi connectivity index (χ0) is 26.1. The average molecular weight is 540 g/mol. The molecule has 4 unspecified atom stereocenters. The molecule has 0 saturated carbocycles. The van der Waals surface area contributed by atoms with Gasteiger partial charge in [0.15, 0.2) is 5.96 Å². The van der Waals surface area contributed by atoms with Crippen LogP contribution in [0.25, 0.3) is 0 Å². The molecule has 3 amide bonds. The Hall–Kier alpha value is -1.84. The summed E-state index contributed by atoms with van der Waals surface area (Å²) < 4.78 is 0. The first-order valence-corrected chi connectivity index (χ1v) is 14.0. The maximum absolute atomic E-state index is 12.8. The van der Waals surface area contributed by atoms with Crippen molar-refractivity contribution in [3.05, 3.63) is 0 Å². The van der Waals surface area contributed by atoms with Crippen molar-refractivity contribution in [2.75, 3.05) is 36.3 Å². The van der Waals surface area contributed by atoms with E-state index in [0.29, 0.717) is 30.8 Å². The lowest BCUT2D eigenvalue weighted by Crippen LogP contribution is -2.57. The number of rotatable bonds is 18. The van der Waals surface area contributed by atoms with E-state index in [1.165, 1.54) is 11.8 Å². The second kappa shape index (κ2) is 18.5. The van der Waals surface area contributed by atoms with Gasteiger partial charge in [-0.1, -0.05) is 0 Å². The van der Waals surface area contributed by atoms with Gasteiger partial charge in [0.1, 0.15) is 18.1 Å². The van der Waals surface area contributed by atoms with Crippen LogP contribution in [0, 0.1) is 0 Å². The van der Waals surface area contributed by atoms with E-state index in [9.17, 15) is 24.3 Å². The van der Waals surface area contributed by atoms with E-state index in [2.05, 4.69) is 33.6 Å². The Morgan fingerprint density at radius 3 is 1.94 bits per heavy atom. The third-order valence-corrected chi connectivity index (χ3v) is 6.24. The predicted molar refractivity (Wildman–Crippen MR) is 141 cm³/mol. The molecule has 0 aromatic rings. The second-order valence-corrected chi connectivity index (χ2v) is 9.66. The van der Waals surface area contributed by atoms with Gasteiger partial charge in [0.05, 0.1) is 6.04 Å². The molecule has 0 spiro atoms. The van der Waals surface area contributed by atoms with Crippen molar-refractivity contribution in [3.8, 4) is 0 Å². The molecule has 0 saturated heterocycles. The van der Waals surface area contributed by atoms with Crippen LogP contribution in [-0.2, 0) is 19.2 Å². The highest BCUT2D eigenvalue weighted by molar-refractivity contribution is 7.98. The molecular formula is C19H37N7O5S3. The molecule has 0 rings (SSSR count). The number of nitrogens with two attached hydrogens (primary N) is 3. The monoisotopic (exact) mass is 539 g/mol. The Bertz CT molecular complexity index is 695. The van der Waals surface area contributed by atoms with Crippen LogP contribution in [0.4, 0.5) is 0 Å². The summed E-state index contributed by atoms with van der Waals surface area (Å²) in [4.78, 5) is 53.1. The molecule has 0 aromatic carbocycles. The molecule has 4 atom stereocenters. The molecular weight excluding hydrogens is 502 g/mol. The molecule has 15 heteroatoms. The van der Waals surface area contributed by atoms with E-state index in [4.69, 9.17) is 17.2 Å². The number of aliphatic carboxylic acids is 1. The fraction of sp³-hybridized carbons (Fsp3) is 0.737. The molecule has 0 aliphatic carbocycles. The van der Waals surface area contributed by atoms with Crippen molar-refractivity contribution in [1.29, 1.82) is 0 Å². The number of thiol groups is 1. The Labute approximate surface area is 214 Å². The molecule has 196 valence electrons. The summed E-state index contributed by atoms with van der Waals surface area (Å²) in [5.41, 5.74) is 16.4. The standard InChI is InChI=1S/C19H37N7O5S3/c1-33-8-5-11(20)15(27)24-12(6-9-34-2)16(28)26-14(10-32)17(29)25-13(18(30)31)4-3-7-23-19(21)22/h11-14,32H,3-10,20H2,1-2H3,(H,24,27)(H,25,29)(H,26,28)(H,30,31)(H4,21,22,23). The van der Waals surface area contributed by atoms with E-state index in [-0.39, 0.29) is 24.7 Å². The van der Waals surface area contributed by atoms with Crippen LogP contribution in [0.5, 0.6) is 0 Å². The minimum absolute atomic E-state index is 0.0751. The Morgan fingerprint density at radius 1 is 0.882 bits per heavy atom. The number of nitrogens with zero attached hydrogens (tertiary/aromatic N) is 1. The van der Waals surface area contributed by atoms with Crippen molar-refractivity contribution in [2.45, 2.75) is 49.9 Å². The molecule has 0 heterocycles. The summed E-state index contributed by atoms with van der Waals surface area (Å²) in [7, 11) is 0. The van der Waals surface area contributed by atoms with Crippen molar-refractivity contribution in [1.82, 2.24) is 16.0 Å². The van der Waals surface area contributed by atoms with Crippen LogP contribution >= 0.6 is 36.2 Å². The lowest BCUT2D eigenvalue weighted by atomic mass is 10.1. The minimum Gasteiger partial charge on any atom is -0.480 e. The first kappa shape index (κ1) is 32.2. The zero-order valence-electron chi connectivity index (χ0n) is 19.5. The highest BCUT2D eigenvalue weighted by Gasteiger charge is 2.29. The summed E-state index contributed by atoms with van der Waals surface area (Å²) in [5, 5.41) is 17.0. The van der Waals surface area contributed by atoms with E-state index in [0.717, 1.165) is 0 Å². The molecule has 0 aromatic heterocycles. The summed E-state index contributed by atoms with van der Waals surface area (Å²) in [6.07, 6.45) is 4.98. The van der Waals surface area contributed by atoms with Gasteiger partial charge < -0.3 is 38.3 Å². The number of hydrogen-bond acceptors (Lipinski definition) is 9. The molecule has 34 heavy (non-hydrogen) atoms. The Balaban J connectivity index is 5.11. The minimum atomic E-state index is -1.23. The topological polar surface area (TPSA) is 215 Å². The summed E-state index contributed by atoms with van der Waals surface area (Å²) in [6, 6.07) is -3.95. The first-order valence-electron chi connectivity index (χ1n) is 10.6. The first-order chi connectivity index (χ1) is 16.1. The summed E-state index contributed by atoms with van der Waals surface area (Å²) in [6.45, 7) is 0.213. The normalized spacial score (nSPS) is 14.2. The molecule has 10 N–H and O–H groups in total. The van der Waals surface area contributed by atoms with Crippen LogP contribution in [0.3, 0.4) is 0 Å². The highest BCUT2D eigenvalue weighted by Crippen LogP contribution is 2.05. The van der Waals surface area contributed by atoms with Crippen molar-refractivity contribution in [3.63, 3.8) is 0 Å². The van der Waals surface area contributed by atoms with Gasteiger partial charge in [-0.15, -0.1) is 0 Å². The molecule has 0 bridgehead atoms. The van der Waals surface area contributed by atoms with Crippen LogP contribution in [0.15, 0.2) is 4.99 Å². The van der Waals surface area contributed by atoms with E-state index < -0.39 is 47.9 Å². The average Bonchev–Trinajstić information content (AvgIpc) is 2.79. The van der Waals surface area contributed by atoms with Crippen LogP contribution in [-0.4, -0.2) is 95.2 Å². The van der Waals surface area contributed by atoms with Crippen LogP contribution in [0.2, 0.25) is 0 Å². The van der Waals surface area contributed by atoms with E-state index in [1.807, 2.05) is 12.5 Å². The largest absolute Gasteiger partial charge is 0.480 e. The lowest BCUT2D eigenvalue weighted by molar-refractivity contribution is -0.142. The van der Waals surface area contributed by atoms with Gasteiger partial charge in [-0.25, -0.2) is 4.79 Å². The van der Waals surface area contributed by atoms with Gasteiger partial charge in [-0.2, -0.15) is 36.2 Å². The number of thioether (sulfide) groups is 2. The summed E-state index contributed by atoms with van der Waals surface area (Å²) in [5.74, 6) is -1.85. The van der Waals surface area contributed by atoms with Gasteiger partial charge in [-0.05, 0) is 49.7 Å². The van der Waals surface area contributed by atoms with Crippen LogP contribution in [0.1, 0.15) is 25.7 Å². The number of carboxylic acid groups (broad SMARTS) is 1. The number of hydrogen-bond donors (Lipinski definition) is 8. The number of carbonyl (C=O) groups is 4. The SMILES string of the molecule is CSCCC(N)C(=O)NC(CCSC)C(=O)NC(CS)C(=O)NC(CCCN=C(N)N)C(=O)O. The molecule has 0 fully saturated rings. The number of amides is 3. The number of carboxylic acids is 1. The fourth-order valence-electron chi connectivity index (χ4n) is 2.66. The quantitative estimate of drug-likeness (QED) is 0.0429. The predicted octanol–water partition coefficient (Wildman–Crippen LogP) is -1.66. The highest BCUT2D eigenvalue weighted by atomic mass is 32.2. The Kier molecular flexibility index (Phi) is 17.5. The molecule has 0 aliphatic heterocycles. The molecule has 12 nitrogen and oxygen atoms in total. The van der Waals surface area contributed by atoms with Gasteiger partial charge in [-0.3, -0.25) is 19.4 Å². The lowest BCUT2D eigenvalue weighted by Gasteiger charge is -2.24. The zero-order valence-corrected chi connectivity index (χ0v) is 22.0. The number of aliphatic imine (C=N–C) groups is 1. The number of nitrogens with one attached hydrogen (secondary N) is 3. The summed E-state index contributed by atoms with van der Waals surface area (Å²) >= 11 is 7.17. The van der Waals surface area contributed by atoms with Crippen molar-refractivity contribution >= 4 is 65.8 Å². The van der Waals surface area contributed by atoms with Gasteiger partial charge in [0.2, 0.25) is 17.7 Å². The van der Waals surface area contributed by atoms with Gasteiger partial charge in [0.25, 0.3) is 0 Å². The van der Waals surface area contributed by atoms with Crippen molar-refractivity contribution in [2.24, 2.45) is 22.2 Å². The van der Waals surface area contributed by atoms with E-state index >= 15 is 0 Å². The van der Waals surface area contributed by atoms with Crippen molar-refractivity contribution < 1.29 is 24.3 Å². The van der Waals surface area contributed by atoms with E-state index in [1.54, 1.807) is 11.8 Å². The third kappa shape index (κ3) is 13.8. The smallest absolute Gasteiger partial charge is 0.326 e. The van der Waals surface area contributed by atoms with Gasteiger partial charge >= 0.3 is 5.97 Å².